The molecule has 3 heterocycles. The van der Waals surface area contributed by atoms with Crippen LogP contribution >= 0.6 is 0 Å². The fourth-order valence-corrected chi connectivity index (χ4v) is 4.56. The molecule has 5 nitrogen and oxygen atoms in total. The number of carbonyl (C=O) groups is 1. The van der Waals surface area contributed by atoms with Crippen LogP contribution in [0, 0.1) is 16.7 Å². The first-order valence-corrected chi connectivity index (χ1v) is 10.0. The highest BCUT2D eigenvalue weighted by Gasteiger charge is 2.44. The topological polar surface area (TPSA) is 78.8 Å². The van der Waals surface area contributed by atoms with Crippen LogP contribution in [0.15, 0.2) is 71.8 Å². The van der Waals surface area contributed by atoms with E-state index in [2.05, 4.69) is 29.9 Å². The predicted octanol–water partition coefficient (Wildman–Crippen LogP) is 5.25. The third-order valence-corrected chi connectivity index (χ3v) is 5.86. The second-order valence-corrected chi connectivity index (χ2v) is 8.67. The van der Waals surface area contributed by atoms with Crippen molar-refractivity contribution in [3.05, 3.63) is 83.0 Å². The average molecular weight is 395 g/mol. The number of aromatic amines is 1. The minimum Gasteiger partial charge on any atom is -0.459 e. The highest BCUT2D eigenvalue weighted by Crippen LogP contribution is 2.50. The number of nitrogens with zero attached hydrogens (tertiary/aromatic N) is 2. The second-order valence-electron chi connectivity index (χ2n) is 8.67. The van der Waals surface area contributed by atoms with Gasteiger partial charge in [0.05, 0.1) is 23.3 Å². The molecule has 1 N–H and O–H groups in total. The number of hydrogen-bond donors (Lipinski definition) is 1. The highest BCUT2D eigenvalue weighted by atomic mass is 16.5. The molecule has 0 bridgehead atoms. The van der Waals surface area contributed by atoms with E-state index in [4.69, 9.17) is 4.74 Å². The van der Waals surface area contributed by atoms with Crippen LogP contribution in [0.4, 0.5) is 0 Å². The number of benzene rings is 1. The molecule has 148 valence electrons. The van der Waals surface area contributed by atoms with E-state index in [9.17, 15) is 10.1 Å². The summed E-state index contributed by atoms with van der Waals surface area (Å²) in [5.41, 5.74) is 3.29. The van der Waals surface area contributed by atoms with Gasteiger partial charge < -0.3 is 9.72 Å². The van der Waals surface area contributed by atoms with Crippen molar-refractivity contribution >= 4 is 22.4 Å². The molecule has 5 heteroatoms. The summed E-state index contributed by atoms with van der Waals surface area (Å²) in [6.45, 7) is 4.14. The van der Waals surface area contributed by atoms with Crippen LogP contribution in [0.5, 0.6) is 0 Å². The van der Waals surface area contributed by atoms with E-state index in [1.807, 2.05) is 48.7 Å². The van der Waals surface area contributed by atoms with Crippen molar-refractivity contribution < 1.29 is 9.53 Å². The van der Waals surface area contributed by atoms with Crippen molar-refractivity contribution in [2.45, 2.75) is 32.6 Å². The van der Waals surface area contributed by atoms with Crippen molar-refractivity contribution in [1.82, 2.24) is 9.97 Å². The van der Waals surface area contributed by atoms with E-state index in [1.165, 1.54) is 0 Å². The number of hydrogen-bond acceptors (Lipinski definition) is 4. The molecule has 1 aliphatic carbocycles. The van der Waals surface area contributed by atoms with E-state index in [0.717, 1.165) is 16.5 Å². The number of nitrogens with one attached hydrogen (secondary N) is 1. The van der Waals surface area contributed by atoms with Gasteiger partial charge in [-0.1, -0.05) is 38.1 Å². The molecule has 1 unspecified atom stereocenters. The maximum atomic E-state index is 13.2. The van der Waals surface area contributed by atoms with Gasteiger partial charge in [0, 0.05) is 47.3 Å². The van der Waals surface area contributed by atoms with Crippen LogP contribution in [-0.2, 0) is 9.53 Å². The van der Waals surface area contributed by atoms with Gasteiger partial charge in [0.2, 0.25) is 0 Å². The summed E-state index contributed by atoms with van der Waals surface area (Å²) in [6.07, 6.45) is 4.64. The first-order chi connectivity index (χ1) is 14.5. The number of aromatic nitrogens is 2. The Labute approximate surface area is 174 Å². The van der Waals surface area contributed by atoms with Crippen molar-refractivity contribution in [3.63, 3.8) is 0 Å². The van der Waals surface area contributed by atoms with Crippen LogP contribution in [0.1, 0.15) is 43.9 Å². The maximum Gasteiger partial charge on any atom is 0.163 e. The van der Waals surface area contributed by atoms with Gasteiger partial charge in [0.15, 0.2) is 11.5 Å². The molecule has 2 aromatic heterocycles. The molecule has 0 amide bonds. The number of allylic oxidation sites excluding steroid dienone is 3. The van der Waals surface area contributed by atoms with Crippen molar-refractivity contribution in [2.75, 3.05) is 0 Å². The summed E-state index contributed by atoms with van der Waals surface area (Å²) in [5.74, 6) is 0.677. The van der Waals surface area contributed by atoms with E-state index in [1.54, 1.807) is 6.20 Å². The first kappa shape index (κ1) is 18.4. The predicted molar refractivity (Wildman–Crippen MR) is 114 cm³/mol. The molecule has 3 aromatic rings. The van der Waals surface area contributed by atoms with Gasteiger partial charge in [0.1, 0.15) is 5.76 Å². The molecule has 30 heavy (non-hydrogen) atoms. The van der Waals surface area contributed by atoms with Gasteiger partial charge in [-0.2, -0.15) is 5.26 Å². The lowest BCUT2D eigenvalue weighted by atomic mass is 9.70. The Morgan fingerprint density at radius 3 is 2.73 bits per heavy atom. The van der Waals surface area contributed by atoms with Crippen LogP contribution in [0.2, 0.25) is 0 Å². The van der Waals surface area contributed by atoms with Crippen LogP contribution in [-0.4, -0.2) is 15.8 Å². The number of ether oxygens (including phenoxy) is 1. The van der Waals surface area contributed by atoms with Gasteiger partial charge in [-0.3, -0.25) is 9.78 Å². The molecule has 0 saturated carbocycles. The molecular weight excluding hydrogens is 374 g/mol. The van der Waals surface area contributed by atoms with Crippen LogP contribution in [0.3, 0.4) is 0 Å². The third kappa shape index (κ3) is 2.84. The number of nitriles is 1. The number of rotatable bonds is 2. The molecule has 0 saturated heterocycles. The van der Waals surface area contributed by atoms with Crippen molar-refractivity contribution in [2.24, 2.45) is 5.41 Å². The number of pyridine rings is 1. The van der Waals surface area contributed by atoms with E-state index < -0.39 is 5.92 Å². The number of para-hydroxylation sites is 1. The second kappa shape index (κ2) is 6.70. The minimum atomic E-state index is -0.521. The van der Waals surface area contributed by atoms with Crippen molar-refractivity contribution in [3.8, 4) is 6.07 Å². The standard InChI is InChI=1S/C25H21N3O2/c1-25(2)11-20(29)23-21(12-25)30-24(17-14-28-18-8-4-3-7-15(17)18)16(13-26)22(23)19-9-5-6-10-27-19/h3-10,14,22,28H,11-12H2,1-2H3. The van der Waals surface area contributed by atoms with Gasteiger partial charge >= 0.3 is 0 Å². The molecular formula is C25H21N3O2. The summed E-state index contributed by atoms with van der Waals surface area (Å²) in [4.78, 5) is 21.0. The Morgan fingerprint density at radius 1 is 1.17 bits per heavy atom. The minimum absolute atomic E-state index is 0.0302. The monoisotopic (exact) mass is 395 g/mol. The number of Topliss-reactive ketones (excluding diaryl/α,β-unsaturated/α-hetero) is 1. The zero-order chi connectivity index (χ0) is 20.9. The lowest BCUT2D eigenvalue weighted by Crippen LogP contribution is -2.32. The Hall–Kier alpha value is -3.65. The summed E-state index contributed by atoms with van der Waals surface area (Å²) in [6, 6.07) is 15.8. The Morgan fingerprint density at radius 2 is 1.97 bits per heavy atom. The molecule has 1 atom stereocenters. The van der Waals surface area contributed by atoms with Gasteiger partial charge in [-0.25, -0.2) is 0 Å². The molecule has 1 aliphatic heterocycles. The van der Waals surface area contributed by atoms with Crippen LogP contribution in [0.25, 0.3) is 16.7 Å². The van der Waals surface area contributed by atoms with Gasteiger partial charge in [0.25, 0.3) is 0 Å². The summed E-state index contributed by atoms with van der Waals surface area (Å²) in [7, 11) is 0. The number of ketones is 1. The van der Waals surface area contributed by atoms with E-state index >= 15 is 0 Å². The van der Waals surface area contributed by atoms with Gasteiger partial charge in [-0.05, 0) is 23.6 Å². The lowest BCUT2D eigenvalue weighted by molar-refractivity contribution is -0.118. The molecule has 1 aromatic carbocycles. The average Bonchev–Trinajstić information content (AvgIpc) is 3.16. The number of carbonyl (C=O) groups excluding carboxylic acids is 1. The Bertz CT molecular complexity index is 1270. The highest BCUT2D eigenvalue weighted by molar-refractivity contribution is 6.02. The quantitative estimate of drug-likeness (QED) is 0.642. The summed E-state index contributed by atoms with van der Waals surface area (Å²) >= 11 is 0. The first-order valence-electron chi connectivity index (χ1n) is 10.0. The lowest BCUT2D eigenvalue weighted by Gasteiger charge is -2.37. The molecule has 0 fully saturated rings. The summed E-state index contributed by atoms with van der Waals surface area (Å²) < 4.78 is 6.37. The molecule has 2 aliphatic rings. The number of H-pyrrole nitrogens is 1. The molecule has 0 radical (unpaired) electrons. The molecule has 5 rings (SSSR count). The van der Waals surface area contributed by atoms with E-state index in [0.29, 0.717) is 41.2 Å². The summed E-state index contributed by atoms with van der Waals surface area (Å²) in [5, 5.41) is 11.2. The van der Waals surface area contributed by atoms with E-state index in [-0.39, 0.29) is 11.2 Å². The van der Waals surface area contributed by atoms with Crippen LogP contribution < -0.4 is 0 Å². The SMILES string of the molecule is CC1(C)CC(=O)C2=C(C1)OC(c1c[nH]c3ccccc13)=C(C#N)C2c1ccccn1. The third-order valence-electron chi connectivity index (χ3n) is 5.86. The normalized spacial score (nSPS) is 20.7. The fraction of sp³-hybridized carbons (Fsp3) is 0.240. The maximum absolute atomic E-state index is 13.2. The zero-order valence-electron chi connectivity index (χ0n) is 16.9. The Kier molecular flexibility index (Phi) is 4.11. The fourth-order valence-electron chi connectivity index (χ4n) is 4.56. The number of fused-ring (bicyclic) bond motifs is 1. The smallest absolute Gasteiger partial charge is 0.163 e. The van der Waals surface area contributed by atoms with Crippen molar-refractivity contribution in [1.29, 1.82) is 5.26 Å². The van der Waals surface area contributed by atoms with Gasteiger partial charge in [-0.15, -0.1) is 0 Å². The zero-order valence-corrected chi connectivity index (χ0v) is 16.9. The Balaban J connectivity index is 1.77. The largest absolute Gasteiger partial charge is 0.459 e. The molecule has 0 spiro atoms.